The van der Waals surface area contributed by atoms with Gasteiger partial charge in [0.15, 0.2) is 0 Å². The summed E-state index contributed by atoms with van der Waals surface area (Å²) in [6, 6.07) is 9.08. The summed E-state index contributed by atoms with van der Waals surface area (Å²) < 4.78 is 0. The number of aliphatic carboxylic acids is 2. The normalized spacial score (nSPS) is 16.6. The van der Waals surface area contributed by atoms with E-state index in [1.165, 1.54) is 10.4 Å². The summed E-state index contributed by atoms with van der Waals surface area (Å²) in [5.74, 6) is -0.902. The van der Waals surface area contributed by atoms with Crippen molar-refractivity contribution in [1.29, 1.82) is 0 Å². The average molecular weight is 714 g/mol. The van der Waals surface area contributed by atoms with Gasteiger partial charge in [0.05, 0.1) is 28.2 Å². The van der Waals surface area contributed by atoms with E-state index in [0.29, 0.717) is 11.5 Å². The molecule has 0 amide bonds. The van der Waals surface area contributed by atoms with E-state index in [1.54, 1.807) is 0 Å². The molecule has 11 heteroatoms. The number of carboxylic acid groups (broad SMARTS) is 2. The van der Waals surface area contributed by atoms with Crippen LogP contribution in [-0.2, 0) is 26.4 Å². The second kappa shape index (κ2) is 18.6. The van der Waals surface area contributed by atoms with E-state index < -0.39 is 28.1 Å². The van der Waals surface area contributed by atoms with Crippen molar-refractivity contribution in [2.24, 2.45) is 9.98 Å². The predicted molar refractivity (Wildman–Crippen MR) is 188 cm³/mol. The average Bonchev–Trinajstić information content (AvgIpc) is 3.32. The van der Waals surface area contributed by atoms with Crippen LogP contribution in [0.3, 0.4) is 0 Å². The third kappa shape index (κ3) is 14.4. The zero-order chi connectivity index (χ0) is 34.9. The second-order valence-electron chi connectivity index (χ2n) is 14.5. The maximum Gasteiger partial charge on any atom is 2.00 e. The first-order valence-electron chi connectivity index (χ1n) is 15.7. The van der Waals surface area contributed by atoms with Crippen molar-refractivity contribution in [3.05, 3.63) is 46.5 Å². The van der Waals surface area contributed by atoms with Gasteiger partial charge < -0.3 is 30.0 Å². The minimum Gasteiger partial charge on any atom is -0.550 e. The Labute approximate surface area is 288 Å². The predicted octanol–water partition coefficient (Wildman–Crippen LogP) is 4.40. The van der Waals surface area contributed by atoms with E-state index >= 15 is 0 Å². The molecule has 0 aliphatic heterocycles. The zero-order valence-electron chi connectivity index (χ0n) is 29.7. The van der Waals surface area contributed by atoms with Crippen molar-refractivity contribution in [3.63, 3.8) is 0 Å². The standard InChI is InChI=1S/C31H48N2O2Si2.2C2H4O2.Co/c1-20(2)28-16-26(36(5,6)7)13-22(30(28)34)18-32-24-11-12-25(15-24)33-19-23-14-27(37(8,9)10)17-29(21(3)4)31(23)35;2*1-2(3)4;/h13-14,16-21,24-25,34-35H,11-12,15H2,1-10H3;2*1H3,(H,3,4);/q;;;+2/p-2. The van der Waals surface area contributed by atoms with Crippen LogP contribution in [0.25, 0.3) is 0 Å². The molecule has 0 saturated heterocycles. The Hall–Kier alpha value is -2.74. The molecule has 257 valence electrons. The summed E-state index contributed by atoms with van der Waals surface area (Å²) in [6.45, 7) is 24.5. The topological polar surface area (TPSA) is 145 Å². The van der Waals surface area contributed by atoms with Crippen molar-refractivity contribution >= 4 is 50.9 Å². The monoisotopic (exact) mass is 713 g/mol. The van der Waals surface area contributed by atoms with Crippen LogP contribution in [0.4, 0.5) is 0 Å². The Morgan fingerprint density at radius 3 is 1.24 bits per heavy atom. The molecule has 8 nitrogen and oxygen atoms in total. The molecule has 0 heterocycles. The summed E-state index contributed by atoms with van der Waals surface area (Å²) in [7, 11) is -3.04. The fourth-order valence-corrected chi connectivity index (χ4v) is 7.23. The zero-order valence-corrected chi connectivity index (χ0v) is 32.7. The van der Waals surface area contributed by atoms with E-state index in [4.69, 9.17) is 29.8 Å². The number of nitrogens with zero attached hydrogens (tertiary/aromatic N) is 2. The number of phenols is 2. The number of carbonyl (C=O) groups is 2. The van der Waals surface area contributed by atoms with Gasteiger partial charge in [-0.2, -0.15) is 0 Å². The van der Waals surface area contributed by atoms with E-state index in [2.05, 4.69) is 91.2 Å². The quantitative estimate of drug-likeness (QED) is 0.307. The molecule has 2 unspecified atom stereocenters. The molecule has 2 aromatic rings. The molecular weight excluding hydrogens is 659 g/mol. The minimum atomic E-state index is -1.52. The summed E-state index contributed by atoms with van der Waals surface area (Å²) in [5.41, 5.74) is 3.70. The van der Waals surface area contributed by atoms with Crippen molar-refractivity contribution in [2.45, 2.75) is 124 Å². The van der Waals surface area contributed by atoms with E-state index in [-0.39, 0.29) is 40.7 Å². The fraction of sp³-hybridized carbons (Fsp3) is 0.543. The van der Waals surface area contributed by atoms with Crippen LogP contribution in [0, 0.1) is 0 Å². The Bertz CT molecular complexity index is 1270. The molecule has 1 aliphatic rings. The van der Waals surface area contributed by atoms with Gasteiger partial charge in [-0.1, -0.05) is 102 Å². The third-order valence-corrected chi connectivity index (χ3v) is 11.6. The second-order valence-corrected chi connectivity index (χ2v) is 24.6. The Morgan fingerprint density at radius 2 is 1.00 bits per heavy atom. The number of aromatic hydroxyl groups is 2. The van der Waals surface area contributed by atoms with Crippen LogP contribution in [-0.4, -0.2) is 62.8 Å². The maximum atomic E-state index is 10.9. The molecular formula is C35H54CoN2O6Si2. The number of benzene rings is 2. The number of carbonyl (C=O) groups excluding carboxylic acids is 2. The SMILES string of the molecule is CC(=O)[O-].CC(=O)[O-].CC(C)c1cc([Si](C)(C)C)cc(C=NC2CCC(N=Cc3cc([Si](C)(C)C)cc(C(C)C)c3O)C2)c1O.[Co+2]. The Kier molecular flexibility index (Phi) is 17.5. The van der Waals surface area contributed by atoms with Gasteiger partial charge in [-0.3, -0.25) is 9.98 Å². The third-order valence-electron chi connectivity index (χ3n) is 7.54. The Morgan fingerprint density at radius 1 is 0.717 bits per heavy atom. The van der Waals surface area contributed by atoms with Gasteiger partial charge in [0, 0.05) is 35.5 Å². The first-order valence-corrected chi connectivity index (χ1v) is 22.7. The molecule has 1 aliphatic carbocycles. The molecule has 2 N–H and O–H groups in total. The van der Waals surface area contributed by atoms with Gasteiger partial charge in [-0.25, -0.2) is 0 Å². The first-order chi connectivity index (χ1) is 20.5. The van der Waals surface area contributed by atoms with Crippen molar-refractivity contribution in [1.82, 2.24) is 0 Å². The molecule has 2 aromatic carbocycles. The van der Waals surface area contributed by atoms with Crippen LogP contribution < -0.4 is 20.6 Å². The van der Waals surface area contributed by atoms with E-state index in [9.17, 15) is 10.2 Å². The molecule has 1 saturated carbocycles. The van der Waals surface area contributed by atoms with Crippen molar-refractivity contribution in [3.8, 4) is 11.5 Å². The molecule has 1 radical (unpaired) electrons. The number of phenolic OH excluding ortho intramolecular Hbond substituents is 2. The van der Waals surface area contributed by atoms with E-state index in [1.807, 2.05) is 12.4 Å². The summed E-state index contributed by atoms with van der Waals surface area (Å²) in [4.78, 5) is 27.6. The van der Waals surface area contributed by atoms with Crippen LogP contribution >= 0.6 is 0 Å². The number of hydrogen-bond acceptors (Lipinski definition) is 8. The molecule has 46 heavy (non-hydrogen) atoms. The largest absolute Gasteiger partial charge is 2.00 e. The number of rotatable bonds is 8. The molecule has 0 aromatic heterocycles. The van der Waals surface area contributed by atoms with Crippen LogP contribution in [0.2, 0.25) is 39.3 Å². The van der Waals surface area contributed by atoms with Gasteiger partial charge in [0.2, 0.25) is 0 Å². The van der Waals surface area contributed by atoms with Gasteiger partial charge in [-0.15, -0.1) is 0 Å². The van der Waals surface area contributed by atoms with Gasteiger partial charge in [-0.05, 0) is 56.1 Å². The summed E-state index contributed by atoms with van der Waals surface area (Å²) in [6.07, 6.45) is 6.65. The summed E-state index contributed by atoms with van der Waals surface area (Å²) >= 11 is 0. The van der Waals surface area contributed by atoms with E-state index in [0.717, 1.165) is 55.4 Å². The molecule has 2 atom stereocenters. The molecule has 3 rings (SSSR count). The molecule has 0 bridgehead atoms. The van der Waals surface area contributed by atoms with Crippen molar-refractivity contribution in [2.75, 3.05) is 0 Å². The van der Waals surface area contributed by atoms with Crippen LogP contribution in [0.1, 0.15) is 94.9 Å². The molecule has 1 fully saturated rings. The molecule has 0 spiro atoms. The Balaban J connectivity index is 0.00000201. The van der Waals surface area contributed by atoms with Gasteiger partial charge >= 0.3 is 16.8 Å². The van der Waals surface area contributed by atoms with Crippen LogP contribution in [0.5, 0.6) is 11.5 Å². The fourth-order valence-electron chi connectivity index (χ4n) is 4.88. The number of hydrogen-bond donors (Lipinski definition) is 2. The van der Waals surface area contributed by atoms with Crippen LogP contribution in [0.15, 0.2) is 34.3 Å². The summed E-state index contributed by atoms with van der Waals surface area (Å²) in [5, 5.41) is 42.3. The smallest absolute Gasteiger partial charge is 0.550 e. The number of carboxylic acids is 2. The first kappa shape index (κ1) is 43.3. The van der Waals surface area contributed by atoms with Gasteiger partial charge in [0.1, 0.15) is 11.5 Å². The number of aliphatic imine (C=N–C) groups is 2. The van der Waals surface area contributed by atoms with Crippen molar-refractivity contribution < 1.29 is 46.8 Å². The maximum absolute atomic E-state index is 10.9. The minimum absolute atomic E-state index is 0. The van der Waals surface area contributed by atoms with Gasteiger partial charge in [0.25, 0.3) is 0 Å².